The molecule has 2 aliphatic heterocycles. The first-order valence-electron chi connectivity index (χ1n) is 6.29. The number of fused-ring (bicyclic) bond motifs is 1. The molecule has 0 radical (unpaired) electrons. The average molecular weight is 245 g/mol. The van der Waals surface area contributed by atoms with Crippen molar-refractivity contribution in [3.63, 3.8) is 0 Å². The molecule has 0 aromatic rings. The summed E-state index contributed by atoms with van der Waals surface area (Å²) in [6.45, 7) is 6.06. The molecule has 0 spiro atoms. The molecule has 4 heteroatoms. The third kappa shape index (κ3) is 1.64. The largest absolute Gasteiger partial charge is 0.387 e. The van der Waals surface area contributed by atoms with Crippen LogP contribution in [-0.2, 0) is 4.79 Å². The van der Waals surface area contributed by atoms with Gasteiger partial charge in [0, 0.05) is 19.1 Å². The van der Waals surface area contributed by atoms with Crippen LogP contribution in [-0.4, -0.2) is 53.4 Å². The fraction of sp³-hybridized carbons (Fsp3) is 0.429. The second-order valence-corrected chi connectivity index (χ2v) is 5.01. The van der Waals surface area contributed by atoms with E-state index in [0.717, 1.165) is 26.1 Å². The zero-order valence-electron chi connectivity index (χ0n) is 10.3. The van der Waals surface area contributed by atoms with Crippen molar-refractivity contribution in [2.24, 2.45) is 5.92 Å². The molecule has 0 atom stereocenters. The van der Waals surface area contributed by atoms with E-state index in [9.17, 15) is 4.79 Å². The fourth-order valence-corrected chi connectivity index (χ4v) is 2.89. The summed E-state index contributed by atoms with van der Waals surface area (Å²) < 4.78 is 2.04. The number of aliphatic hydroxyl groups excluding tert-OH is 1. The highest BCUT2D eigenvalue weighted by atomic mass is 16.3. The van der Waals surface area contributed by atoms with Crippen molar-refractivity contribution >= 4 is 12.6 Å². The Labute approximate surface area is 107 Å². The van der Waals surface area contributed by atoms with Gasteiger partial charge in [-0.1, -0.05) is 0 Å². The Morgan fingerprint density at radius 2 is 2.44 bits per heavy atom. The maximum atomic E-state index is 11.3. The van der Waals surface area contributed by atoms with Crippen molar-refractivity contribution in [3.05, 3.63) is 35.8 Å². The van der Waals surface area contributed by atoms with Crippen molar-refractivity contribution in [1.29, 1.82) is 0 Å². The molecular weight excluding hydrogens is 228 g/mol. The summed E-state index contributed by atoms with van der Waals surface area (Å²) in [6.07, 6.45) is 7.37. The highest BCUT2D eigenvalue weighted by Crippen LogP contribution is 2.39. The van der Waals surface area contributed by atoms with Crippen LogP contribution in [0.4, 0.5) is 0 Å². The van der Waals surface area contributed by atoms with Crippen molar-refractivity contribution < 1.29 is 14.5 Å². The van der Waals surface area contributed by atoms with Crippen molar-refractivity contribution in [1.82, 2.24) is 4.90 Å². The van der Waals surface area contributed by atoms with E-state index in [4.69, 9.17) is 5.11 Å². The molecule has 4 nitrogen and oxygen atoms in total. The molecule has 18 heavy (non-hydrogen) atoms. The number of allylic oxidation sites excluding steroid dienone is 1. The summed E-state index contributed by atoms with van der Waals surface area (Å²) in [7, 11) is 0. The maximum absolute atomic E-state index is 11.3. The standard InChI is InChI=1S/C14H17N2O2/c1-15-6-5-12-11(3-2-4-13(12)15)10-7-16(8-10)14(18)9-17/h2-4,10,17H,1,5-9H2/q-1. The molecule has 96 valence electrons. The minimum Gasteiger partial charge on any atom is -0.387 e. The quantitative estimate of drug-likeness (QED) is 0.556. The van der Waals surface area contributed by atoms with Crippen LogP contribution in [0.1, 0.15) is 6.42 Å². The van der Waals surface area contributed by atoms with Crippen LogP contribution in [0, 0.1) is 18.4 Å². The number of amides is 1. The number of rotatable bonds is 2. The van der Waals surface area contributed by atoms with Gasteiger partial charge in [0.25, 0.3) is 0 Å². The predicted octanol–water partition coefficient (Wildman–Crippen LogP) is 0.157. The lowest BCUT2D eigenvalue weighted by Crippen LogP contribution is -2.52. The van der Waals surface area contributed by atoms with E-state index >= 15 is 0 Å². The molecule has 3 rings (SSSR count). The molecule has 0 bridgehead atoms. The summed E-state index contributed by atoms with van der Waals surface area (Å²) in [5, 5.41) is 8.81. The van der Waals surface area contributed by atoms with Gasteiger partial charge in [-0.2, -0.15) is 11.6 Å². The maximum Gasteiger partial charge on any atom is 0.248 e. The summed E-state index contributed by atoms with van der Waals surface area (Å²) in [6, 6.07) is 1.22. The van der Waals surface area contributed by atoms with E-state index in [-0.39, 0.29) is 12.5 Å². The van der Waals surface area contributed by atoms with E-state index in [0.29, 0.717) is 5.92 Å². The normalized spacial score (nSPS) is 23.1. The summed E-state index contributed by atoms with van der Waals surface area (Å²) >= 11 is 0. The van der Waals surface area contributed by atoms with Crippen LogP contribution >= 0.6 is 0 Å². The zero-order valence-corrected chi connectivity index (χ0v) is 10.3. The van der Waals surface area contributed by atoms with E-state index < -0.39 is 0 Å². The molecule has 0 aromatic carbocycles. The van der Waals surface area contributed by atoms with Crippen LogP contribution in [0.25, 0.3) is 0 Å². The molecule has 0 saturated carbocycles. The molecule has 0 unspecified atom stereocenters. The highest BCUT2D eigenvalue weighted by molar-refractivity contribution is 5.78. The summed E-state index contributed by atoms with van der Waals surface area (Å²) in [5.74, 6) is 0.250. The first-order chi connectivity index (χ1) is 8.70. The van der Waals surface area contributed by atoms with Crippen molar-refractivity contribution in [2.45, 2.75) is 6.42 Å². The monoisotopic (exact) mass is 245 g/mol. The number of carbonyl (C=O) groups excluding carboxylic acids is 1. The first-order valence-corrected chi connectivity index (χ1v) is 6.29. The van der Waals surface area contributed by atoms with Gasteiger partial charge in [0.1, 0.15) is 13.2 Å². The van der Waals surface area contributed by atoms with Gasteiger partial charge in [-0.05, 0) is 12.3 Å². The Hall–Kier alpha value is -1.68. The molecule has 2 heterocycles. The molecule has 1 aliphatic carbocycles. The fourth-order valence-electron chi connectivity index (χ4n) is 2.89. The number of nitrogens with zero attached hydrogens (tertiary/aromatic N) is 2. The summed E-state index contributed by atoms with van der Waals surface area (Å²) in [5.41, 5.74) is 2.73. The molecule has 3 aliphatic rings. The second kappa shape index (κ2) is 4.21. The van der Waals surface area contributed by atoms with Crippen LogP contribution in [0.2, 0.25) is 0 Å². The Bertz CT molecular complexity index is 458. The lowest BCUT2D eigenvalue weighted by molar-refractivity contribution is -0.475. The molecule has 1 amide bonds. The topological polar surface area (TPSA) is 43.5 Å². The van der Waals surface area contributed by atoms with Crippen LogP contribution in [0.3, 0.4) is 0 Å². The number of aliphatic hydroxyl groups is 1. The Morgan fingerprint density at radius 1 is 1.67 bits per heavy atom. The highest BCUT2D eigenvalue weighted by Gasteiger charge is 2.31. The van der Waals surface area contributed by atoms with Crippen LogP contribution < -0.4 is 0 Å². The van der Waals surface area contributed by atoms with E-state index in [1.165, 1.54) is 17.2 Å². The molecule has 2 fully saturated rings. The smallest absolute Gasteiger partial charge is 0.248 e. The SMILES string of the molecule is C=[N+]1CCC2=C(C3CN(C(=O)CO)C3)[CH-]C=C[C-]21. The number of hydrogen-bond donors (Lipinski definition) is 1. The first kappa shape index (κ1) is 11.4. The lowest BCUT2D eigenvalue weighted by atomic mass is 9.81. The van der Waals surface area contributed by atoms with E-state index in [1.807, 2.05) is 4.58 Å². The van der Waals surface area contributed by atoms with Gasteiger partial charge in [-0.25, -0.2) is 18.1 Å². The van der Waals surface area contributed by atoms with Gasteiger partial charge in [-0.15, -0.1) is 0 Å². The molecule has 0 aromatic heterocycles. The average Bonchev–Trinajstić information content (AvgIpc) is 2.70. The second-order valence-electron chi connectivity index (χ2n) is 5.01. The van der Waals surface area contributed by atoms with Gasteiger partial charge >= 0.3 is 0 Å². The van der Waals surface area contributed by atoms with E-state index in [1.54, 1.807) is 4.90 Å². The van der Waals surface area contributed by atoms with Crippen molar-refractivity contribution in [3.8, 4) is 0 Å². The molecule has 1 N–H and O–H groups in total. The number of likely N-dealkylation sites (tertiary alicyclic amines) is 1. The third-order valence-corrected chi connectivity index (χ3v) is 3.97. The molecule has 2 saturated heterocycles. The van der Waals surface area contributed by atoms with Gasteiger partial charge < -0.3 is 14.6 Å². The number of hydrogen-bond acceptors (Lipinski definition) is 2. The lowest BCUT2D eigenvalue weighted by Gasteiger charge is -2.47. The van der Waals surface area contributed by atoms with Gasteiger partial charge in [0.05, 0.1) is 6.72 Å². The predicted molar refractivity (Wildman–Crippen MR) is 67.7 cm³/mol. The minimum atomic E-state index is -0.383. The Balaban J connectivity index is 1.73. The minimum absolute atomic E-state index is 0.169. The van der Waals surface area contributed by atoms with Crippen molar-refractivity contribution in [2.75, 3.05) is 26.2 Å². The van der Waals surface area contributed by atoms with E-state index in [2.05, 4.69) is 25.3 Å². The Kier molecular flexibility index (Phi) is 2.67. The van der Waals surface area contributed by atoms with Gasteiger partial charge in [-0.3, -0.25) is 4.79 Å². The Morgan fingerprint density at radius 3 is 3.17 bits per heavy atom. The molecular formula is C14H17N2O2-. The summed E-state index contributed by atoms with van der Waals surface area (Å²) in [4.78, 5) is 13.0. The van der Waals surface area contributed by atoms with Gasteiger partial charge in [0.15, 0.2) is 0 Å². The van der Waals surface area contributed by atoms with Gasteiger partial charge in [0.2, 0.25) is 5.91 Å². The third-order valence-electron chi connectivity index (χ3n) is 3.97. The number of carbonyl (C=O) groups is 1. The van der Waals surface area contributed by atoms with Crippen LogP contribution in [0.15, 0.2) is 23.3 Å². The zero-order chi connectivity index (χ0) is 12.7. The van der Waals surface area contributed by atoms with Crippen LogP contribution in [0.5, 0.6) is 0 Å².